The molecule has 0 aliphatic rings. The summed E-state index contributed by atoms with van der Waals surface area (Å²) in [5.74, 6) is 2.52. The van der Waals surface area contributed by atoms with Crippen molar-refractivity contribution in [2.45, 2.75) is 19.8 Å². The number of nitrogens with zero attached hydrogens (tertiary/aromatic N) is 3. The fourth-order valence-electron chi connectivity index (χ4n) is 1.91. The van der Waals surface area contributed by atoms with Crippen LogP contribution in [0.5, 0.6) is 0 Å². The minimum atomic E-state index is 0.265. The van der Waals surface area contributed by atoms with Crippen molar-refractivity contribution < 1.29 is 0 Å². The van der Waals surface area contributed by atoms with Gasteiger partial charge in [-0.2, -0.15) is 5.10 Å². The van der Waals surface area contributed by atoms with Gasteiger partial charge in [-0.1, -0.05) is 19.9 Å². The predicted octanol–water partition coefficient (Wildman–Crippen LogP) is 2.24. The van der Waals surface area contributed by atoms with Crippen molar-refractivity contribution in [3.8, 4) is 10.7 Å². The first-order valence-corrected chi connectivity index (χ1v) is 6.66. The van der Waals surface area contributed by atoms with Crippen LogP contribution in [0.2, 0.25) is 0 Å². The summed E-state index contributed by atoms with van der Waals surface area (Å²) < 4.78 is 1.85. The van der Waals surface area contributed by atoms with Crippen molar-refractivity contribution in [3.63, 3.8) is 0 Å². The van der Waals surface area contributed by atoms with E-state index in [9.17, 15) is 0 Å². The van der Waals surface area contributed by atoms with Gasteiger partial charge in [-0.05, 0) is 17.4 Å². The van der Waals surface area contributed by atoms with E-state index in [0.717, 1.165) is 16.5 Å². The van der Waals surface area contributed by atoms with E-state index in [1.807, 2.05) is 29.2 Å². The molecule has 0 saturated carbocycles. The molecule has 1 unspecified atom stereocenters. The maximum Gasteiger partial charge on any atom is 0.191 e. The van der Waals surface area contributed by atoms with Gasteiger partial charge in [-0.15, -0.1) is 11.3 Å². The minimum Gasteiger partial charge on any atom is -0.330 e. The quantitative estimate of drug-likeness (QED) is 0.905. The average Bonchev–Trinajstić information content (AvgIpc) is 2.89. The Morgan fingerprint density at radius 1 is 1.47 bits per heavy atom. The third-order valence-corrected chi connectivity index (χ3v) is 3.79. The van der Waals surface area contributed by atoms with Gasteiger partial charge in [0, 0.05) is 19.5 Å². The molecule has 0 aliphatic heterocycles. The zero-order chi connectivity index (χ0) is 12.4. The maximum absolute atomic E-state index is 5.82. The molecular formula is C12H18N4S. The second-order valence-electron chi connectivity index (χ2n) is 4.48. The van der Waals surface area contributed by atoms with Crippen LogP contribution in [0.15, 0.2) is 17.5 Å². The van der Waals surface area contributed by atoms with Crippen molar-refractivity contribution in [1.82, 2.24) is 14.8 Å². The molecule has 2 heterocycles. The Morgan fingerprint density at radius 3 is 2.76 bits per heavy atom. The van der Waals surface area contributed by atoms with Gasteiger partial charge in [0.15, 0.2) is 5.82 Å². The van der Waals surface area contributed by atoms with E-state index in [1.54, 1.807) is 11.3 Å². The van der Waals surface area contributed by atoms with Crippen LogP contribution < -0.4 is 5.73 Å². The highest BCUT2D eigenvalue weighted by atomic mass is 32.1. The number of hydrogen-bond acceptors (Lipinski definition) is 4. The van der Waals surface area contributed by atoms with Crippen molar-refractivity contribution >= 4 is 11.3 Å². The normalized spacial score (nSPS) is 13.2. The van der Waals surface area contributed by atoms with Crippen LogP contribution in [0.1, 0.15) is 25.6 Å². The standard InChI is InChI=1S/C12H18N4S/c1-8(2)9(7-13)12-14-11(15-16(12)3)10-5-4-6-17-10/h4-6,8-9H,7,13H2,1-3H3. The van der Waals surface area contributed by atoms with E-state index in [0.29, 0.717) is 12.5 Å². The predicted molar refractivity (Wildman–Crippen MR) is 70.9 cm³/mol. The summed E-state index contributed by atoms with van der Waals surface area (Å²) in [4.78, 5) is 5.73. The third-order valence-electron chi connectivity index (χ3n) is 2.93. The highest BCUT2D eigenvalue weighted by molar-refractivity contribution is 7.13. The van der Waals surface area contributed by atoms with Crippen molar-refractivity contribution in [2.24, 2.45) is 18.7 Å². The Hall–Kier alpha value is -1.20. The summed E-state index contributed by atoms with van der Waals surface area (Å²) in [6.07, 6.45) is 0. The Morgan fingerprint density at radius 2 is 2.24 bits per heavy atom. The first-order chi connectivity index (χ1) is 8.13. The Kier molecular flexibility index (Phi) is 3.59. The molecular weight excluding hydrogens is 232 g/mol. The summed E-state index contributed by atoms with van der Waals surface area (Å²) in [5, 5.41) is 6.50. The second-order valence-corrected chi connectivity index (χ2v) is 5.43. The first-order valence-electron chi connectivity index (χ1n) is 5.78. The zero-order valence-electron chi connectivity index (χ0n) is 10.4. The van der Waals surface area contributed by atoms with Crippen LogP contribution in [-0.4, -0.2) is 21.3 Å². The van der Waals surface area contributed by atoms with Gasteiger partial charge in [0.1, 0.15) is 5.82 Å². The van der Waals surface area contributed by atoms with Crippen molar-refractivity contribution in [2.75, 3.05) is 6.54 Å². The molecule has 2 aromatic heterocycles. The number of thiophene rings is 1. The summed E-state index contributed by atoms with van der Waals surface area (Å²) in [6, 6.07) is 4.05. The van der Waals surface area contributed by atoms with E-state index in [2.05, 4.69) is 23.9 Å². The summed E-state index contributed by atoms with van der Waals surface area (Å²) in [5.41, 5.74) is 5.82. The number of rotatable bonds is 4. The molecule has 0 spiro atoms. The molecule has 0 bridgehead atoms. The molecule has 2 aromatic rings. The lowest BCUT2D eigenvalue weighted by Gasteiger charge is -2.17. The van der Waals surface area contributed by atoms with Gasteiger partial charge in [-0.25, -0.2) is 4.98 Å². The molecule has 4 nitrogen and oxygen atoms in total. The smallest absolute Gasteiger partial charge is 0.191 e. The molecule has 5 heteroatoms. The fraction of sp³-hybridized carbons (Fsp3) is 0.500. The number of aromatic nitrogens is 3. The molecule has 2 rings (SSSR count). The monoisotopic (exact) mass is 250 g/mol. The Bertz CT molecular complexity index is 473. The van der Waals surface area contributed by atoms with Crippen LogP contribution in [-0.2, 0) is 7.05 Å². The fourth-order valence-corrected chi connectivity index (χ4v) is 2.56. The van der Waals surface area contributed by atoms with E-state index in [-0.39, 0.29) is 5.92 Å². The molecule has 92 valence electrons. The summed E-state index contributed by atoms with van der Waals surface area (Å²) in [7, 11) is 1.94. The maximum atomic E-state index is 5.82. The van der Waals surface area contributed by atoms with Crippen molar-refractivity contribution in [3.05, 3.63) is 23.3 Å². The summed E-state index contributed by atoms with van der Waals surface area (Å²) in [6.45, 7) is 4.93. The van der Waals surface area contributed by atoms with E-state index in [4.69, 9.17) is 5.73 Å². The van der Waals surface area contributed by atoms with Gasteiger partial charge in [0.25, 0.3) is 0 Å². The lowest BCUT2D eigenvalue weighted by atomic mass is 9.95. The van der Waals surface area contributed by atoms with Crippen LogP contribution >= 0.6 is 11.3 Å². The Balaban J connectivity index is 2.37. The van der Waals surface area contributed by atoms with Crippen LogP contribution in [0.4, 0.5) is 0 Å². The lowest BCUT2D eigenvalue weighted by molar-refractivity contribution is 0.464. The Labute approximate surface area is 105 Å². The number of hydrogen-bond donors (Lipinski definition) is 1. The molecule has 17 heavy (non-hydrogen) atoms. The van der Waals surface area contributed by atoms with Crippen LogP contribution in [0.25, 0.3) is 10.7 Å². The molecule has 0 amide bonds. The highest BCUT2D eigenvalue weighted by Gasteiger charge is 2.21. The van der Waals surface area contributed by atoms with Gasteiger partial charge < -0.3 is 5.73 Å². The van der Waals surface area contributed by atoms with E-state index in [1.165, 1.54) is 0 Å². The van der Waals surface area contributed by atoms with Crippen LogP contribution in [0, 0.1) is 5.92 Å². The zero-order valence-corrected chi connectivity index (χ0v) is 11.2. The summed E-state index contributed by atoms with van der Waals surface area (Å²) >= 11 is 1.66. The molecule has 0 fully saturated rings. The number of aryl methyl sites for hydroxylation is 1. The van der Waals surface area contributed by atoms with E-state index >= 15 is 0 Å². The van der Waals surface area contributed by atoms with Gasteiger partial charge in [0.05, 0.1) is 4.88 Å². The SMILES string of the molecule is CC(C)C(CN)c1nc(-c2cccs2)nn1C. The lowest BCUT2D eigenvalue weighted by Crippen LogP contribution is -2.21. The van der Waals surface area contributed by atoms with Gasteiger partial charge >= 0.3 is 0 Å². The first kappa shape index (κ1) is 12.3. The van der Waals surface area contributed by atoms with Gasteiger partial charge in [0.2, 0.25) is 0 Å². The largest absolute Gasteiger partial charge is 0.330 e. The topological polar surface area (TPSA) is 56.7 Å². The molecule has 2 N–H and O–H groups in total. The molecule has 1 atom stereocenters. The molecule has 0 radical (unpaired) electrons. The van der Waals surface area contributed by atoms with Crippen molar-refractivity contribution in [1.29, 1.82) is 0 Å². The van der Waals surface area contributed by atoms with Gasteiger partial charge in [-0.3, -0.25) is 4.68 Å². The number of nitrogens with two attached hydrogens (primary N) is 1. The molecule has 0 saturated heterocycles. The minimum absolute atomic E-state index is 0.265. The second kappa shape index (κ2) is 4.98. The molecule has 0 aliphatic carbocycles. The van der Waals surface area contributed by atoms with Crippen LogP contribution in [0.3, 0.4) is 0 Å². The molecule has 0 aromatic carbocycles. The third kappa shape index (κ3) is 2.40. The average molecular weight is 250 g/mol. The van der Waals surface area contributed by atoms with E-state index < -0.39 is 0 Å². The highest BCUT2D eigenvalue weighted by Crippen LogP contribution is 2.26.